The van der Waals surface area contributed by atoms with Crippen molar-refractivity contribution in [2.24, 2.45) is 5.92 Å². The van der Waals surface area contributed by atoms with Gasteiger partial charge in [-0.2, -0.15) is 0 Å². The molecule has 1 N–H and O–H groups in total. The molecule has 3 nitrogen and oxygen atoms in total. The van der Waals surface area contributed by atoms with Crippen molar-refractivity contribution in [3.63, 3.8) is 0 Å². The van der Waals surface area contributed by atoms with E-state index in [4.69, 9.17) is 0 Å². The van der Waals surface area contributed by atoms with Gasteiger partial charge in [-0.15, -0.1) is 0 Å². The van der Waals surface area contributed by atoms with Crippen molar-refractivity contribution in [3.8, 4) is 0 Å². The monoisotopic (exact) mass is 220 g/mol. The second-order valence-electron chi connectivity index (χ2n) is 4.81. The van der Waals surface area contributed by atoms with E-state index in [1.54, 1.807) is 0 Å². The molecule has 1 aliphatic carbocycles. The van der Waals surface area contributed by atoms with E-state index in [1.165, 1.54) is 6.26 Å². The third-order valence-corrected chi connectivity index (χ3v) is 4.02. The van der Waals surface area contributed by atoms with Crippen molar-refractivity contribution in [2.45, 2.75) is 44.6 Å². The van der Waals surface area contributed by atoms with Gasteiger partial charge in [-0.3, -0.25) is 0 Å². The zero-order chi connectivity index (χ0) is 10.8. The summed E-state index contributed by atoms with van der Waals surface area (Å²) in [5.74, 6) is 0.780. The summed E-state index contributed by atoms with van der Waals surface area (Å²) in [6.45, 7) is 2.13. The van der Waals surface area contributed by atoms with Gasteiger partial charge in [-0.25, -0.2) is 8.42 Å². The molecule has 0 aliphatic heterocycles. The molecule has 4 heteroatoms. The summed E-state index contributed by atoms with van der Waals surface area (Å²) in [6, 6.07) is 0. The third kappa shape index (κ3) is 3.96. The predicted octanol–water partition coefficient (Wildman–Crippen LogP) is 1.36. The van der Waals surface area contributed by atoms with Crippen LogP contribution >= 0.6 is 0 Å². The number of hydrogen-bond donors (Lipinski definition) is 1. The second-order valence-corrected chi connectivity index (χ2v) is 7.07. The first-order chi connectivity index (χ1) is 6.31. The van der Waals surface area contributed by atoms with Crippen LogP contribution in [0, 0.1) is 5.92 Å². The maximum atomic E-state index is 10.9. The minimum absolute atomic E-state index is 0.198. The summed E-state index contributed by atoms with van der Waals surface area (Å²) in [5, 5.41) is 10.1. The Labute approximate surface area is 86.4 Å². The Morgan fingerprint density at radius 2 is 2.14 bits per heavy atom. The molecular weight excluding hydrogens is 200 g/mol. The van der Waals surface area contributed by atoms with Crippen molar-refractivity contribution in [1.29, 1.82) is 0 Å². The fourth-order valence-electron chi connectivity index (χ4n) is 2.26. The lowest BCUT2D eigenvalue weighted by Crippen LogP contribution is -2.25. The summed E-state index contributed by atoms with van der Waals surface area (Å²) in [4.78, 5) is 0. The fraction of sp³-hybridized carbons (Fsp3) is 1.00. The Balaban J connectivity index is 2.31. The van der Waals surface area contributed by atoms with E-state index in [9.17, 15) is 13.5 Å². The normalized spacial score (nSPS) is 33.5. The summed E-state index contributed by atoms with van der Waals surface area (Å²) < 4.78 is 21.8. The zero-order valence-electron chi connectivity index (χ0n) is 8.99. The first kappa shape index (κ1) is 12.0. The molecule has 1 fully saturated rings. The van der Waals surface area contributed by atoms with Gasteiger partial charge in [0, 0.05) is 12.0 Å². The van der Waals surface area contributed by atoms with Gasteiger partial charge in [0.2, 0.25) is 0 Å². The molecule has 1 rings (SSSR count). The van der Waals surface area contributed by atoms with E-state index in [1.807, 2.05) is 0 Å². The van der Waals surface area contributed by atoms with Gasteiger partial charge in [0.25, 0.3) is 0 Å². The summed E-state index contributed by atoms with van der Waals surface area (Å²) >= 11 is 0. The quantitative estimate of drug-likeness (QED) is 0.778. The molecule has 0 amide bonds. The molecule has 1 aliphatic rings. The SMILES string of the molecule is CC1CCC(O)(CCCS(C)(=O)=O)C1. The van der Waals surface area contributed by atoms with Gasteiger partial charge in [0.1, 0.15) is 9.84 Å². The molecule has 0 saturated heterocycles. The van der Waals surface area contributed by atoms with Crippen LogP contribution in [-0.4, -0.2) is 31.1 Å². The van der Waals surface area contributed by atoms with Gasteiger partial charge in [-0.1, -0.05) is 6.92 Å². The Bertz CT molecular complexity index is 284. The van der Waals surface area contributed by atoms with Crippen LogP contribution in [0.4, 0.5) is 0 Å². The highest BCUT2D eigenvalue weighted by atomic mass is 32.2. The molecule has 0 aromatic carbocycles. The van der Waals surface area contributed by atoms with Gasteiger partial charge in [-0.05, 0) is 38.0 Å². The average molecular weight is 220 g/mol. The highest BCUT2D eigenvalue weighted by Crippen LogP contribution is 2.37. The first-order valence-electron chi connectivity index (χ1n) is 5.21. The fourth-order valence-corrected chi connectivity index (χ4v) is 2.93. The number of sulfone groups is 1. The van der Waals surface area contributed by atoms with Crippen LogP contribution in [0.1, 0.15) is 39.0 Å². The smallest absolute Gasteiger partial charge is 0.147 e. The minimum Gasteiger partial charge on any atom is -0.390 e. The van der Waals surface area contributed by atoms with Crippen molar-refractivity contribution >= 4 is 9.84 Å². The molecule has 2 unspecified atom stereocenters. The minimum atomic E-state index is -2.87. The summed E-state index contributed by atoms with van der Waals surface area (Å²) in [5.41, 5.74) is -0.579. The highest BCUT2D eigenvalue weighted by Gasteiger charge is 2.34. The van der Waals surface area contributed by atoms with Crippen LogP contribution in [0.25, 0.3) is 0 Å². The van der Waals surface area contributed by atoms with E-state index in [0.29, 0.717) is 18.8 Å². The average Bonchev–Trinajstić information content (AvgIpc) is 2.28. The Morgan fingerprint density at radius 1 is 1.50 bits per heavy atom. The van der Waals surface area contributed by atoms with Gasteiger partial charge in [0.15, 0.2) is 0 Å². The molecular formula is C10H20O3S. The molecule has 2 atom stereocenters. The van der Waals surface area contributed by atoms with Crippen molar-refractivity contribution in [3.05, 3.63) is 0 Å². The maximum Gasteiger partial charge on any atom is 0.147 e. The molecule has 0 aromatic rings. The van der Waals surface area contributed by atoms with Crippen LogP contribution in [0.2, 0.25) is 0 Å². The predicted molar refractivity (Wildman–Crippen MR) is 56.9 cm³/mol. The number of aliphatic hydroxyl groups is 1. The van der Waals surface area contributed by atoms with E-state index in [-0.39, 0.29) is 5.75 Å². The van der Waals surface area contributed by atoms with Crippen LogP contribution in [-0.2, 0) is 9.84 Å². The van der Waals surface area contributed by atoms with E-state index in [2.05, 4.69) is 6.92 Å². The van der Waals surface area contributed by atoms with Gasteiger partial charge >= 0.3 is 0 Å². The first-order valence-corrected chi connectivity index (χ1v) is 7.27. The lowest BCUT2D eigenvalue weighted by atomic mass is 9.95. The molecule has 0 bridgehead atoms. The third-order valence-electron chi connectivity index (χ3n) is 2.99. The molecule has 1 saturated carbocycles. The van der Waals surface area contributed by atoms with Crippen LogP contribution in [0.3, 0.4) is 0 Å². The highest BCUT2D eigenvalue weighted by molar-refractivity contribution is 7.90. The maximum absolute atomic E-state index is 10.9. The number of hydrogen-bond acceptors (Lipinski definition) is 3. The van der Waals surface area contributed by atoms with Crippen LogP contribution < -0.4 is 0 Å². The van der Waals surface area contributed by atoms with Crippen molar-refractivity contribution in [1.82, 2.24) is 0 Å². The van der Waals surface area contributed by atoms with Crippen LogP contribution in [0.15, 0.2) is 0 Å². The molecule has 84 valence electrons. The molecule has 0 spiro atoms. The van der Waals surface area contributed by atoms with Crippen LogP contribution in [0.5, 0.6) is 0 Å². The standard InChI is InChI=1S/C10H20O3S/c1-9-4-6-10(11,8-9)5-3-7-14(2,12)13/h9,11H,3-8H2,1-2H3. The summed E-state index contributed by atoms with van der Waals surface area (Å²) in [6.07, 6.45) is 5.19. The Morgan fingerprint density at radius 3 is 2.57 bits per heavy atom. The lowest BCUT2D eigenvalue weighted by Gasteiger charge is -2.22. The Kier molecular flexibility index (Phi) is 3.58. The molecule has 0 aromatic heterocycles. The van der Waals surface area contributed by atoms with E-state index in [0.717, 1.165) is 19.3 Å². The topological polar surface area (TPSA) is 54.4 Å². The largest absolute Gasteiger partial charge is 0.390 e. The lowest BCUT2D eigenvalue weighted by molar-refractivity contribution is 0.0349. The van der Waals surface area contributed by atoms with E-state index < -0.39 is 15.4 Å². The van der Waals surface area contributed by atoms with Crippen molar-refractivity contribution < 1.29 is 13.5 Å². The molecule has 0 radical (unpaired) electrons. The second kappa shape index (κ2) is 4.19. The Hall–Kier alpha value is -0.0900. The van der Waals surface area contributed by atoms with Gasteiger partial charge < -0.3 is 5.11 Å². The van der Waals surface area contributed by atoms with Gasteiger partial charge in [0.05, 0.1) is 5.60 Å². The molecule has 14 heavy (non-hydrogen) atoms. The summed E-state index contributed by atoms with van der Waals surface area (Å²) in [7, 11) is -2.87. The van der Waals surface area contributed by atoms with E-state index >= 15 is 0 Å². The number of rotatable bonds is 4. The van der Waals surface area contributed by atoms with Crippen molar-refractivity contribution in [2.75, 3.05) is 12.0 Å². The molecule has 0 heterocycles. The zero-order valence-corrected chi connectivity index (χ0v) is 9.81.